The Morgan fingerprint density at radius 1 is 0.806 bits per heavy atom. The molecule has 1 aliphatic heterocycles. The molecule has 4 N–H and O–H groups in total. The molecular formula is C47H58N6O9. The molecule has 2 amide bonds. The van der Waals surface area contributed by atoms with Gasteiger partial charge in [-0.2, -0.15) is 0 Å². The largest absolute Gasteiger partial charge is 0.456 e. The summed E-state index contributed by atoms with van der Waals surface area (Å²) in [4.78, 5) is 56.1. The molecule has 1 saturated heterocycles. The number of aromatic amines is 1. The van der Waals surface area contributed by atoms with Gasteiger partial charge in [0.1, 0.15) is 47.6 Å². The lowest BCUT2D eigenvalue weighted by Gasteiger charge is -2.39. The molecule has 1 aliphatic rings. The van der Waals surface area contributed by atoms with Gasteiger partial charge in [-0.25, -0.2) is 24.4 Å². The predicted octanol–water partition coefficient (Wildman–Crippen LogP) is 7.66. The Bertz CT molecular complexity index is 2180. The second-order valence-electron chi connectivity index (χ2n) is 17.5. The molecule has 0 bridgehead atoms. The third-order valence-electron chi connectivity index (χ3n) is 10.4. The third-order valence-corrected chi connectivity index (χ3v) is 10.4. The first-order chi connectivity index (χ1) is 29.4. The first-order valence-corrected chi connectivity index (χ1v) is 20.6. The summed E-state index contributed by atoms with van der Waals surface area (Å²) in [5.74, 6) is -1.05. The predicted molar refractivity (Wildman–Crippen MR) is 233 cm³/mol. The zero-order chi connectivity index (χ0) is 44.8. The number of nitrogen functional groups attached to an aromatic ring is 1. The maximum absolute atomic E-state index is 15.0. The number of amides is 2. The Labute approximate surface area is 362 Å². The van der Waals surface area contributed by atoms with E-state index in [4.69, 9.17) is 34.2 Å². The van der Waals surface area contributed by atoms with Gasteiger partial charge in [0, 0.05) is 18.9 Å². The van der Waals surface area contributed by atoms with Crippen LogP contribution in [0, 0.1) is 5.92 Å². The smallest absolute Gasteiger partial charge is 0.411 e. The molecule has 62 heavy (non-hydrogen) atoms. The summed E-state index contributed by atoms with van der Waals surface area (Å²) >= 11 is 0. The van der Waals surface area contributed by atoms with Crippen LogP contribution < -0.4 is 11.1 Å². The number of alkyl carbamates (subject to hydrolysis) is 1. The molecule has 1 fully saturated rings. The lowest BCUT2D eigenvalue weighted by atomic mass is 9.80. The molecule has 3 heterocycles. The van der Waals surface area contributed by atoms with E-state index in [9.17, 15) is 14.4 Å². The Balaban J connectivity index is 1.56. The first-order valence-electron chi connectivity index (χ1n) is 20.6. The fourth-order valence-electron chi connectivity index (χ4n) is 7.79. The highest BCUT2D eigenvalue weighted by Crippen LogP contribution is 2.46. The number of esters is 1. The monoisotopic (exact) mass is 850 g/mol. The summed E-state index contributed by atoms with van der Waals surface area (Å²) in [6.45, 7) is 13.5. The average Bonchev–Trinajstić information content (AvgIpc) is 3.78. The van der Waals surface area contributed by atoms with E-state index in [1.807, 2.05) is 91.0 Å². The van der Waals surface area contributed by atoms with Gasteiger partial charge in [-0.1, -0.05) is 105 Å². The number of methoxy groups -OCH3 is 1. The number of hydrogen-bond donors (Lipinski definition) is 3. The third kappa shape index (κ3) is 10.0. The standard InChI is InChI=1S/C47H58N6O9/c1-29(2)35(52-43(55)61-45(3,4)5)42(54)60-39-34(26-59-47(30-19-13-10-14-20-30,31-21-15-11-16-22-31)32-23-17-12-18-24-32)53(44(56)62-46(6,7)8)38(40(39)58-28-57-9)33-25-49-37-36(33)50-27-51-41(37)48/h10-25,27,29,34-35,38-40,49H,26,28H2,1-9H3,(H,52,55)(H2,48,50,51)/t34-,35+,38+,39-,40+/m1/s1. The van der Waals surface area contributed by atoms with Crippen LogP contribution in [0.3, 0.4) is 0 Å². The van der Waals surface area contributed by atoms with Gasteiger partial charge in [0.15, 0.2) is 11.9 Å². The van der Waals surface area contributed by atoms with Gasteiger partial charge in [-0.05, 0) is 64.2 Å². The Morgan fingerprint density at radius 2 is 1.35 bits per heavy atom. The number of nitrogens with two attached hydrogens (primary N) is 1. The Morgan fingerprint density at radius 3 is 1.85 bits per heavy atom. The van der Waals surface area contributed by atoms with Crippen molar-refractivity contribution in [3.05, 3.63) is 126 Å². The first kappa shape index (κ1) is 45.5. The molecule has 15 nitrogen and oxygen atoms in total. The van der Waals surface area contributed by atoms with Crippen molar-refractivity contribution in [2.45, 2.75) is 103 Å². The summed E-state index contributed by atoms with van der Waals surface area (Å²) in [5.41, 5.74) is 7.01. The van der Waals surface area contributed by atoms with E-state index >= 15 is 0 Å². The molecule has 0 aliphatic carbocycles. The second kappa shape index (κ2) is 18.9. The number of carbonyl (C=O) groups excluding carboxylic acids is 3. The van der Waals surface area contributed by atoms with Crippen molar-refractivity contribution >= 4 is 35.0 Å². The highest BCUT2D eigenvalue weighted by molar-refractivity contribution is 5.88. The Hall–Kier alpha value is -6.03. The van der Waals surface area contributed by atoms with Gasteiger partial charge in [0.25, 0.3) is 0 Å². The number of hydrogen-bond acceptors (Lipinski definition) is 12. The van der Waals surface area contributed by atoms with Gasteiger partial charge in [0.05, 0.1) is 24.2 Å². The van der Waals surface area contributed by atoms with Crippen molar-refractivity contribution in [2.75, 3.05) is 26.2 Å². The molecule has 3 aromatic carbocycles. The highest BCUT2D eigenvalue weighted by atomic mass is 16.7. The minimum Gasteiger partial charge on any atom is -0.456 e. The molecule has 0 unspecified atom stereocenters. The molecule has 330 valence electrons. The average molecular weight is 851 g/mol. The van der Waals surface area contributed by atoms with Crippen LogP contribution in [0.1, 0.15) is 83.7 Å². The van der Waals surface area contributed by atoms with E-state index in [2.05, 4.69) is 20.3 Å². The van der Waals surface area contributed by atoms with Gasteiger partial charge in [0.2, 0.25) is 0 Å². The molecule has 5 aromatic rings. The number of anilines is 1. The molecule has 0 radical (unpaired) electrons. The zero-order valence-corrected chi connectivity index (χ0v) is 36.8. The number of aromatic nitrogens is 3. The van der Waals surface area contributed by atoms with Crippen molar-refractivity contribution in [2.24, 2.45) is 5.92 Å². The van der Waals surface area contributed by atoms with E-state index in [-0.39, 0.29) is 19.2 Å². The number of benzene rings is 3. The maximum atomic E-state index is 15.0. The van der Waals surface area contributed by atoms with E-state index in [0.29, 0.717) is 16.6 Å². The zero-order valence-electron chi connectivity index (χ0n) is 36.8. The number of fused-ring (bicyclic) bond motifs is 1. The number of ether oxygens (including phenoxy) is 6. The molecule has 0 spiro atoms. The van der Waals surface area contributed by atoms with Gasteiger partial charge < -0.3 is 44.5 Å². The quantitative estimate of drug-likeness (QED) is 0.0429. The van der Waals surface area contributed by atoms with Gasteiger partial charge >= 0.3 is 18.2 Å². The van der Waals surface area contributed by atoms with Gasteiger partial charge in [-0.3, -0.25) is 4.90 Å². The number of likely N-dealkylation sites (tertiary alicyclic amines) is 1. The fourth-order valence-corrected chi connectivity index (χ4v) is 7.79. The van der Waals surface area contributed by atoms with E-state index in [1.54, 1.807) is 61.6 Å². The van der Waals surface area contributed by atoms with Crippen molar-refractivity contribution < 1.29 is 42.8 Å². The van der Waals surface area contributed by atoms with E-state index in [1.165, 1.54) is 18.3 Å². The minimum absolute atomic E-state index is 0.187. The summed E-state index contributed by atoms with van der Waals surface area (Å²) in [6.07, 6.45) is -0.922. The number of nitrogens with one attached hydrogen (secondary N) is 2. The molecule has 2 aromatic heterocycles. The number of carbonyl (C=O) groups is 3. The van der Waals surface area contributed by atoms with Crippen LogP contribution in [0.15, 0.2) is 104 Å². The maximum Gasteiger partial charge on any atom is 0.411 e. The van der Waals surface area contributed by atoms with Crippen LogP contribution in [0.2, 0.25) is 0 Å². The van der Waals surface area contributed by atoms with E-state index in [0.717, 1.165) is 16.7 Å². The normalized spacial score (nSPS) is 18.7. The number of H-pyrrole nitrogens is 1. The summed E-state index contributed by atoms with van der Waals surface area (Å²) in [5, 5.41) is 2.70. The lowest BCUT2D eigenvalue weighted by molar-refractivity contribution is -0.169. The summed E-state index contributed by atoms with van der Waals surface area (Å²) < 4.78 is 37.6. The summed E-state index contributed by atoms with van der Waals surface area (Å²) in [7, 11) is 1.46. The highest BCUT2D eigenvalue weighted by Gasteiger charge is 2.58. The fraction of sp³-hybridized carbons (Fsp3) is 0.426. The van der Waals surface area contributed by atoms with Gasteiger partial charge in [-0.15, -0.1) is 0 Å². The Kier molecular flexibility index (Phi) is 13.9. The number of nitrogens with zero attached hydrogens (tertiary/aromatic N) is 3. The van der Waals surface area contributed by atoms with Crippen molar-refractivity contribution in [3.8, 4) is 0 Å². The molecule has 15 heteroatoms. The second-order valence-corrected chi connectivity index (χ2v) is 17.5. The van der Waals surface area contributed by atoms with Crippen LogP contribution >= 0.6 is 0 Å². The van der Waals surface area contributed by atoms with Crippen LogP contribution in [0.25, 0.3) is 11.0 Å². The molecule has 5 atom stereocenters. The number of rotatable bonds is 14. The van der Waals surface area contributed by atoms with Crippen molar-refractivity contribution in [1.82, 2.24) is 25.2 Å². The topological polar surface area (TPSA) is 189 Å². The van der Waals surface area contributed by atoms with Crippen molar-refractivity contribution in [3.63, 3.8) is 0 Å². The lowest BCUT2D eigenvalue weighted by Crippen LogP contribution is -2.52. The summed E-state index contributed by atoms with van der Waals surface area (Å²) in [6, 6.07) is 26.0. The molecular weight excluding hydrogens is 793 g/mol. The molecule has 6 rings (SSSR count). The molecule has 0 saturated carbocycles. The van der Waals surface area contributed by atoms with E-state index < -0.39 is 71.2 Å². The van der Waals surface area contributed by atoms with Crippen molar-refractivity contribution in [1.29, 1.82) is 0 Å². The van der Waals surface area contributed by atoms with Crippen LogP contribution in [0.4, 0.5) is 15.4 Å². The van der Waals surface area contributed by atoms with Crippen LogP contribution in [-0.2, 0) is 38.8 Å². The van der Waals surface area contributed by atoms with Crippen LogP contribution in [-0.4, -0.2) is 94.0 Å². The van der Waals surface area contributed by atoms with Crippen LogP contribution in [0.5, 0.6) is 0 Å². The minimum atomic E-state index is -1.26. The SMILES string of the molecule is COCO[C@@H]1[C@H](OC(=O)[C@@H](NC(=O)OC(C)(C)C)C(C)C)[C@@H](COC(c2ccccc2)(c2ccccc2)c2ccccc2)N(C(=O)OC(C)(C)C)[C@H]1c1c[nH]c2c(N)ncnc12.